The average molecular weight is 361 g/mol. The highest BCUT2D eigenvalue weighted by atomic mass is 32.1. The van der Waals surface area contributed by atoms with E-state index >= 15 is 0 Å². The highest BCUT2D eigenvalue weighted by molar-refractivity contribution is 7.15. The molecular formula is C16H19N5O3S. The fraction of sp³-hybridized carbons (Fsp3) is 0.500. The minimum absolute atomic E-state index is 0.000263. The lowest BCUT2D eigenvalue weighted by Crippen LogP contribution is -2.54. The first-order valence-electron chi connectivity index (χ1n) is 8.39. The van der Waals surface area contributed by atoms with Crippen LogP contribution in [0.5, 0.6) is 0 Å². The highest BCUT2D eigenvalue weighted by Gasteiger charge is 2.31. The number of imidazole rings is 1. The molecule has 132 valence electrons. The van der Waals surface area contributed by atoms with E-state index < -0.39 is 11.8 Å². The SMILES string of the molecule is O=C(NC1CC1)C(=O)N1CCN(C(=O)Cc2cn3ccsc3n2)CC1. The van der Waals surface area contributed by atoms with Crippen molar-refractivity contribution in [1.82, 2.24) is 24.5 Å². The second kappa shape index (κ2) is 6.47. The molecule has 3 amide bonds. The molecule has 2 aromatic heterocycles. The molecule has 4 rings (SSSR count). The molecule has 0 atom stereocenters. The molecule has 1 saturated heterocycles. The molecule has 8 nitrogen and oxygen atoms in total. The number of carbonyl (C=O) groups is 3. The van der Waals surface area contributed by atoms with E-state index in [0.29, 0.717) is 26.2 Å². The molecule has 1 aliphatic heterocycles. The largest absolute Gasteiger partial charge is 0.345 e. The number of nitrogens with zero attached hydrogens (tertiary/aromatic N) is 4. The third-order valence-electron chi connectivity index (χ3n) is 4.50. The molecule has 0 spiro atoms. The molecule has 0 unspecified atom stereocenters. The van der Waals surface area contributed by atoms with Crippen molar-refractivity contribution in [2.75, 3.05) is 26.2 Å². The summed E-state index contributed by atoms with van der Waals surface area (Å²) in [6, 6.07) is 0.170. The normalized spacial score (nSPS) is 17.8. The minimum atomic E-state index is -0.527. The molecule has 0 radical (unpaired) electrons. The molecule has 2 aromatic rings. The third-order valence-corrected chi connectivity index (χ3v) is 5.27. The number of carbonyl (C=O) groups excluding carboxylic acids is 3. The maximum absolute atomic E-state index is 12.4. The number of hydrogen-bond acceptors (Lipinski definition) is 5. The molecular weight excluding hydrogens is 342 g/mol. The quantitative estimate of drug-likeness (QED) is 0.773. The van der Waals surface area contributed by atoms with Crippen molar-refractivity contribution in [3.05, 3.63) is 23.5 Å². The standard InChI is InChI=1S/C16H19N5O3S/c22-13(9-12-10-21-7-8-25-16(21)18-12)19-3-5-20(6-4-19)15(24)14(23)17-11-1-2-11/h7-8,10-11H,1-6,9H2,(H,17,23). The average Bonchev–Trinajstić information content (AvgIpc) is 3.18. The van der Waals surface area contributed by atoms with Gasteiger partial charge in [0.1, 0.15) is 0 Å². The molecule has 0 aromatic carbocycles. The molecule has 2 fully saturated rings. The van der Waals surface area contributed by atoms with Crippen molar-refractivity contribution in [3.63, 3.8) is 0 Å². The van der Waals surface area contributed by atoms with Crippen LogP contribution in [0.3, 0.4) is 0 Å². The molecule has 9 heteroatoms. The van der Waals surface area contributed by atoms with Gasteiger partial charge in [-0.05, 0) is 12.8 Å². The van der Waals surface area contributed by atoms with Crippen LogP contribution in [0.1, 0.15) is 18.5 Å². The predicted octanol–water partition coefficient (Wildman–Crippen LogP) is -0.112. The second-order valence-electron chi connectivity index (χ2n) is 6.42. The van der Waals surface area contributed by atoms with Crippen molar-refractivity contribution in [2.24, 2.45) is 0 Å². The Morgan fingerprint density at radius 2 is 1.88 bits per heavy atom. The molecule has 0 bridgehead atoms. The van der Waals surface area contributed by atoms with Gasteiger partial charge in [-0.2, -0.15) is 0 Å². The van der Waals surface area contributed by atoms with Gasteiger partial charge in [-0.3, -0.25) is 18.8 Å². The maximum Gasteiger partial charge on any atom is 0.312 e. The summed E-state index contributed by atoms with van der Waals surface area (Å²) in [4.78, 5) is 44.9. The Morgan fingerprint density at radius 3 is 2.56 bits per heavy atom. The Labute approximate surface area is 148 Å². The van der Waals surface area contributed by atoms with Crippen LogP contribution >= 0.6 is 11.3 Å². The fourth-order valence-corrected chi connectivity index (χ4v) is 3.62. The summed E-state index contributed by atoms with van der Waals surface area (Å²) in [5, 5.41) is 4.66. The number of piperazine rings is 1. The zero-order valence-corrected chi connectivity index (χ0v) is 14.5. The molecule has 25 heavy (non-hydrogen) atoms. The van der Waals surface area contributed by atoms with Gasteiger partial charge in [-0.1, -0.05) is 0 Å². The van der Waals surface area contributed by atoms with Crippen molar-refractivity contribution in [1.29, 1.82) is 0 Å². The zero-order chi connectivity index (χ0) is 17.4. The first-order chi connectivity index (χ1) is 12.1. The van der Waals surface area contributed by atoms with E-state index in [-0.39, 0.29) is 18.4 Å². The van der Waals surface area contributed by atoms with Crippen LogP contribution in [-0.2, 0) is 20.8 Å². The number of hydrogen-bond donors (Lipinski definition) is 1. The van der Waals surface area contributed by atoms with Gasteiger partial charge < -0.3 is 15.1 Å². The number of thiazole rings is 1. The summed E-state index contributed by atoms with van der Waals surface area (Å²) >= 11 is 1.53. The van der Waals surface area contributed by atoms with Crippen LogP contribution < -0.4 is 5.32 Å². The second-order valence-corrected chi connectivity index (χ2v) is 7.30. The Morgan fingerprint density at radius 1 is 1.16 bits per heavy atom. The lowest BCUT2D eigenvalue weighted by Gasteiger charge is -2.34. The molecule has 3 heterocycles. The first kappa shape index (κ1) is 16.1. The van der Waals surface area contributed by atoms with Crippen molar-refractivity contribution >= 4 is 34.0 Å². The van der Waals surface area contributed by atoms with E-state index in [2.05, 4.69) is 10.3 Å². The molecule has 2 aliphatic rings. The minimum Gasteiger partial charge on any atom is -0.345 e. The van der Waals surface area contributed by atoms with Crippen LogP contribution in [0.4, 0.5) is 0 Å². The summed E-state index contributed by atoms with van der Waals surface area (Å²) < 4.78 is 1.91. The monoisotopic (exact) mass is 361 g/mol. The van der Waals surface area contributed by atoms with Gasteiger partial charge in [0.25, 0.3) is 0 Å². The summed E-state index contributed by atoms with van der Waals surface area (Å²) in [7, 11) is 0. The summed E-state index contributed by atoms with van der Waals surface area (Å²) in [5.41, 5.74) is 0.749. The topological polar surface area (TPSA) is 87.0 Å². The maximum atomic E-state index is 12.4. The van der Waals surface area contributed by atoms with E-state index in [1.54, 1.807) is 4.90 Å². The van der Waals surface area contributed by atoms with Crippen molar-refractivity contribution in [3.8, 4) is 0 Å². The lowest BCUT2D eigenvalue weighted by atomic mass is 10.2. The summed E-state index contributed by atoms with van der Waals surface area (Å²) in [6.07, 6.45) is 5.94. The van der Waals surface area contributed by atoms with Gasteiger partial charge in [0, 0.05) is 50.0 Å². The summed E-state index contributed by atoms with van der Waals surface area (Å²) in [5.74, 6) is -1.02. The molecule has 1 aliphatic carbocycles. The zero-order valence-electron chi connectivity index (χ0n) is 13.7. The van der Waals surface area contributed by atoms with Gasteiger partial charge in [0.2, 0.25) is 5.91 Å². The first-order valence-corrected chi connectivity index (χ1v) is 9.27. The van der Waals surface area contributed by atoms with E-state index in [4.69, 9.17) is 0 Å². The Bertz CT molecular complexity index is 788. The Balaban J connectivity index is 1.28. The van der Waals surface area contributed by atoms with Crippen molar-refractivity contribution < 1.29 is 14.4 Å². The summed E-state index contributed by atoms with van der Waals surface area (Å²) in [6.45, 7) is 1.68. The van der Waals surface area contributed by atoms with E-state index in [1.165, 1.54) is 16.2 Å². The third kappa shape index (κ3) is 3.51. The van der Waals surface area contributed by atoms with Crippen LogP contribution in [-0.4, -0.2) is 69.1 Å². The van der Waals surface area contributed by atoms with E-state index in [9.17, 15) is 14.4 Å². The fourth-order valence-electron chi connectivity index (χ4n) is 2.91. The van der Waals surface area contributed by atoms with Gasteiger partial charge in [0.15, 0.2) is 4.96 Å². The number of rotatable bonds is 3. The number of aromatic nitrogens is 2. The van der Waals surface area contributed by atoms with Crippen LogP contribution in [0.25, 0.3) is 4.96 Å². The number of fused-ring (bicyclic) bond motifs is 1. The van der Waals surface area contributed by atoms with E-state index in [1.807, 2.05) is 22.2 Å². The Kier molecular flexibility index (Phi) is 4.16. The van der Waals surface area contributed by atoms with Crippen molar-refractivity contribution in [2.45, 2.75) is 25.3 Å². The number of nitrogens with one attached hydrogen (secondary N) is 1. The van der Waals surface area contributed by atoms with Gasteiger partial charge in [0.05, 0.1) is 12.1 Å². The van der Waals surface area contributed by atoms with Gasteiger partial charge >= 0.3 is 11.8 Å². The highest BCUT2D eigenvalue weighted by Crippen LogP contribution is 2.18. The van der Waals surface area contributed by atoms with Crippen LogP contribution in [0.15, 0.2) is 17.8 Å². The van der Waals surface area contributed by atoms with Gasteiger partial charge in [-0.25, -0.2) is 4.98 Å². The van der Waals surface area contributed by atoms with E-state index in [0.717, 1.165) is 23.5 Å². The van der Waals surface area contributed by atoms with Crippen LogP contribution in [0.2, 0.25) is 0 Å². The van der Waals surface area contributed by atoms with Crippen LogP contribution in [0, 0.1) is 0 Å². The predicted molar refractivity (Wildman–Crippen MR) is 91.1 cm³/mol. The van der Waals surface area contributed by atoms with Gasteiger partial charge in [-0.15, -0.1) is 11.3 Å². The molecule has 1 N–H and O–H groups in total. The smallest absolute Gasteiger partial charge is 0.312 e. The lowest BCUT2D eigenvalue weighted by molar-refractivity contribution is -0.148. The number of amides is 3. The molecule has 1 saturated carbocycles. The Hall–Kier alpha value is -2.42.